The third-order valence-electron chi connectivity index (χ3n) is 2.25. The monoisotopic (exact) mass is 226 g/mol. The highest BCUT2D eigenvalue weighted by molar-refractivity contribution is 6.34. The average Bonchev–Trinajstić information content (AvgIpc) is 2.54. The summed E-state index contributed by atoms with van der Waals surface area (Å²) < 4.78 is 36.5. The highest BCUT2D eigenvalue weighted by Crippen LogP contribution is 2.30. The highest BCUT2D eigenvalue weighted by atomic mass is 19.4. The Morgan fingerprint density at radius 2 is 1.75 bits per heavy atom. The van der Waals surface area contributed by atoms with Gasteiger partial charge in [0.15, 0.2) is 5.78 Å². The number of Topliss-reactive ketones (excluding diaryl/α,β-unsaturated/α-hetero) is 2. The van der Waals surface area contributed by atoms with Gasteiger partial charge in [-0.2, -0.15) is 13.2 Å². The van der Waals surface area contributed by atoms with Crippen LogP contribution in [0.5, 0.6) is 0 Å². The Bertz CT molecular complexity index is 512. The van der Waals surface area contributed by atoms with E-state index in [-0.39, 0.29) is 5.56 Å². The van der Waals surface area contributed by atoms with Crippen molar-refractivity contribution >= 4 is 17.6 Å². The Hall–Kier alpha value is -1.91. The van der Waals surface area contributed by atoms with Crippen molar-refractivity contribution in [1.82, 2.24) is 0 Å². The lowest BCUT2D eigenvalue weighted by Crippen LogP contribution is -2.26. The molecule has 1 aliphatic carbocycles. The third-order valence-corrected chi connectivity index (χ3v) is 2.25. The molecule has 16 heavy (non-hydrogen) atoms. The molecule has 0 aromatic heterocycles. The first-order valence-electron chi connectivity index (χ1n) is 4.38. The van der Waals surface area contributed by atoms with Crippen LogP contribution in [0, 0.1) is 0 Å². The van der Waals surface area contributed by atoms with Crippen LogP contribution >= 0.6 is 0 Å². The Labute approximate surface area is 88.4 Å². The molecule has 0 radical (unpaired) electrons. The summed E-state index contributed by atoms with van der Waals surface area (Å²) in [6.45, 7) is 0. The summed E-state index contributed by atoms with van der Waals surface area (Å²) in [7, 11) is 0. The van der Waals surface area contributed by atoms with Crippen molar-refractivity contribution in [3.63, 3.8) is 0 Å². The zero-order valence-corrected chi connectivity index (χ0v) is 7.84. The second-order valence-corrected chi connectivity index (χ2v) is 3.30. The van der Waals surface area contributed by atoms with Gasteiger partial charge in [0.1, 0.15) is 0 Å². The van der Waals surface area contributed by atoms with E-state index >= 15 is 0 Å². The summed E-state index contributed by atoms with van der Waals surface area (Å²) in [5, 5.41) is 0. The van der Waals surface area contributed by atoms with Gasteiger partial charge in [-0.05, 0) is 11.6 Å². The van der Waals surface area contributed by atoms with E-state index in [2.05, 4.69) is 0 Å². The van der Waals surface area contributed by atoms with Gasteiger partial charge in [0.05, 0.1) is 5.57 Å². The standard InChI is InChI=1S/C11H5F3O2/c12-11(13,14)10(16)8-5-6-3-1-2-4-7(6)9(8)15/h1-5H. The number of fused-ring (bicyclic) bond motifs is 1. The lowest BCUT2D eigenvalue weighted by atomic mass is 10.1. The van der Waals surface area contributed by atoms with Crippen molar-refractivity contribution in [2.75, 3.05) is 0 Å². The van der Waals surface area contributed by atoms with Gasteiger partial charge in [-0.25, -0.2) is 0 Å². The molecule has 0 aliphatic heterocycles. The van der Waals surface area contributed by atoms with E-state index in [1.807, 2.05) is 0 Å². The summed E-state index contributed by atoms with van der Waals surface area (Å²) in [6.07, 6.45) is -4.03. The van der Waals surface area contributed by atoms with Gasteiger partial charge in [0.25, 0.3) is 5.78 Å². The molecule has 0 N–H and O–H groups in total. The van der Waals surface area contributed by atoms with Crippen molar-refractivity contribution < 1.29 is 22.8 Å². The number of benzene rings is 1. The summed E-state index contributed by atoms with van der Waals surface area (Å²) in [4.78, 5) is 22.4. The number of allylic oxidation sites excluding steroid dienone is 1. The van der Waals surface area contributed by atoms with Crippen LogP contribution in [0.15, 0.2) is 29.8 Å². The SMILES string of the molecule is O=C1C(C(=O)C(F)(F)F)=Cc2ccccc21. The number of alkyl halides is 3. The van der Waals surface area contributed by atoms with Crippen LogP contribution < -0.4 is 0 Å². The van der Waals surface area contributed by atoms with Gasteiger partial charge >= 0.3 is 6.18 Å². The van der Waals surface area contributed by atoms with E-state index in [9.17, 15) is 22.8 Å². The van der Waals surface area contributed by atoms with Gasteiger partial charge in [-0.15, -0.1) is 0 Å². The van der Waals surface area contributed by atoms with Crippen LogP contribution in [0.25, 0.3) is 6.08 Å². The molecule has 0 atom stereocenters. The second-order valence-electron chi connectivity index (χ2n) is 3.30. The van der Waals surface area contributed by atoms with Gasteiger partial charge in [-0.1, -0.05) is 24.3 Å². The summed E-state index contributed by atoms with van der Waals surface area (Å²) in [5.41, 5.74) is -0.330. The molecule has 0 bridgehead atoms. The molecule has 0 spiro atoms. The van der Waals surface area contributed by atoms with Crippen molar-refractivity contribution in [2.45, 2.75) is 6.18 Å². The lowest BCUT2D eigenvalue weighted by Gasteiger charge is -2.04. The fourth-order valence-corrected chi connectivity index (χ4v) is 1.52. The number of hydrogen-bond donors (Lipinski definition) is 0. The molecule has 0 amide bonds. The highest BCUT2D eigenvalue weighted by Gasteiger charge is 2.44. The van der Waals surface area contributed by atoms with Crippen LogP contribution in [-0.4, -0.2) is 17.7 Å². The molecule has 2 nitrogen and oxygen atoms in total. The fourth-order valence-electron chi connectivity index (χ4n) is 1.52. The van der Waals surface area contributed by atoms with Crippen LogP contribution in [0.1, 0.15) is 15.9 Å². The van der Waals surface area contributed by atoms with E-state index < -0.39 is 23.3 Å². The molecule has 2 rings (SSSR count). The lowest BCUT2D eigenvalue weighted by molar-refractivity contribution is -0.166. The van der Waals surface area contributed by atoms with Gasteiger partial charge in [-0.3, -0.25) is 9.59 Å². The fraction of sp³-hybridized carbons (Fsp3) is 0.0909. The molecule has 1 aromatic rings. The Morgan fingerprint density at radius 1 is 1.12 bits per heavy atom. The molecular weight excluding hydrogens is 221 g/mol. The molecule has 0 heterocycles. The largest absolute Gasteiger partial charge is 0.455 e. The Kier molecular flexibility index (Phi) is 2.18. The zero-order valence-electron chi connectivity index (χ0n) is 7.84. The summed E-state index contributed by atoms with van der Waals surface area (Å²) in [5.74, 6) is -2.95. The van der Waals surface area contributed by atoms with E-state index in [0.29, 0.717) is 5.56 Å². The molecule has 0 unspecified atom stereocenters. The molecule has 5 heteroatoms. The molecule has 0 saturated heterocycles. The van der Waals surface area contributed by atoms with Gasteiger partial charge in [0.2, 0.25) is 0 Å². The molecule has 0 saturated carbocycles. The van der Waals surface area contributed by atoms with E-state index in [1.165, 1.54) is 18.2 Å². The third kappa shape index (κ3) is 1.54. The second kappa shape index (κ2) is 3.30. The van der Waals surface area contributed by atoms with Crippen molar-refractivity contribution in [1.29, 1.82) is 0 Å². The number of ketones is 2. The zero-order chi connectivity index (χ0) is 11.9. The van der Waals surface area contributed by atoms with Gasteiger partial charge in [0, 0.05) is 5.56 Å². The van der Waals surface area contributed by atoms with E-state index in [4.69, 9.17) is 0 Å². The first-order chi connectivity index (χ1) is 7.41. The number of hydrogen-bond acceptors (Lipinski definition) is 2. The van der Waals surface area contributed by atoms with Crippen LogP contribution in [0.3, 0.4) is 0 Å². The number of carbonyl (C=O) groups is 2. The quantitative estimate of drug-likeness (QED) is 0.689. The van der Waals surface area contributed by atoms with E-state index in [0.717, 1.165) is 6.08 Å². The van der Waals surface area contributed by atoms with Crippen LogP contribution in [0.2, 0.25) is 0 Å². The maximum atomic E-state index is 12.2. The Balaban J connectivity index is 2.44. The average molecular weight is 226 g/mol. The predicted octanol–water partition coefficient (Wildman–Crippen LogP) is 2.40. The number of carbonyl (C=O) groups excluding carboxylic acids is 2. The van der Waals surface area contributed by atoms with Crippen molar-refractivity contribution in [2.24, 2.45) is 0 Å². The molecule has 1 aliphatic rings. The van der Waals surface area contributed by atoms with Crippen LogP contribution in [0.4, 0.5) is 13.2 Å². The first-order valence-corrected chi connectivity index (χ1v) is 4.38. The van der Waals surface area contributed by atoms with Crippen molar-refractivity contribution in [3.8, 4) is 0 Å². The van der Waals surface area contributed by atoms with Gasteiger partial charge < -0.3 is 0 Å². The molecule has 0 fully saturated rings. The topological polar surface area (TPSA) is 34.1 Å². The van der Waals surface area contributed by atoms with Crippen LogP contribution in [-0.2, 0) is 4.79 Å². The summed E-state index contributed by atoms with van der Waals surface area (Å²) in [6, 6.07) is 6.00. The minimum atomic E-state index is -5.01. The number of halogens is 3. The number of rotatable bonds is 1. The molecule has 1 aromatic carbocycles. The normalized spacial score (nSPS) is 14.7. The minimum absolute atomic E-state index is 0.134. The van der Waals surface area contributed by atoms with E-state index in [1.54, 1.807) is 6.07 Å². The molecular formula is C11H5F3O2. The minimum Gasteiger partial charge on any atom is -0.288 e. The summed E-state index contributed by atoms with van der Waals surface area (Å²) >= 11 is 0. The smallest absolute Gasteiger partial charge is 0.288 e. The molecule has 82 valence electrons. The Morgan fingerprint density at radius 3 is 2.31 bits per heavy atom. The van der Waals surface area contributed by atoms with Crippen molar-refractivity contribution in [3.05, 3.63) is 41.0 Å². The maximum absolute atomic E-state index is 12.2. The predicted molar refractivity (Wildman–Crippen MR) is 49.8 cm³/mol. The maximum Gasteiger partial charge on any atom is 0.455 e. The first kappa shape index (κ1) is 10.6.